The summed E-state index contributed by atoms with van der Waals surface area (Å²) in [4.78, 5) is 11.3. The first kappa shape index (κ1) is 16.8. The summed E-state index contributed by atoms with van der Waals surface area (Å²) in [5, 5.41) is 21.1. The molecule has 5 nitrogen and oxygen atoms in total. The van der Waals surface area contributed by atoms with E-state index in [2.05, 4.69) is 10.2 Å². The van der Waals surface area contributed by atoms with E-state index in [0.717, 1.165) is 32.9 Å². The average Bonchev–Trinajstić information content (AvgIpc) is 2.87. The molecule has 0 radical (unpaired) electrons. The molecule has 1 N–H and O–H groups in total. The van der Waals surface area contributed by atoms with Gasteiger partial charge in [0, 0.05) is 38.0 Å². The quantitative estimate of drug-likeness (QED) is 0.541. The second-order valence-corrected chi connectivity index (χ2v) is 6.78. The highest BCUT2D eigenvalue weighted by molar-refractivity contribution is 6.34. The SMILES string of the molecule is Cc1c(-c2nnc(Cl)c3ccccc23)c2cc(Cl)ccc2n1CC(=O)O. The monoisotopic (exact) mass is 385 g/mol. The van der Waals surface area contributed by atoms with Crippen molar-refractivity contribution >= 4 is 50.8 Å². The molecule has 130 valence electrons. The number of benzene rings is 2. The minimum atomic E-state index is -0.918. The van der Waals surface area contributed by atoms with Gasteiger partial charge in [-0.05, 0) is 25.1 Å². The fraction of sp³-hybridized carbons (Fsp3) is 0.105. The average molecular weight is 386 g/mol. The number of rotatable bonds is 3. The molecule has 0 amide bonds. The number of aromatic nitrogens is 3. The normalized spacial score (nSPS) is 11.3. The summed E-state index contributed by atoms with van der Waals surface area (Å²) >= 11 is 12.4. The Morgan fingerprint density at radius 2 is 1.81 bits per heavy atom. The van der Waals surface area contributed by atoms with E-state index in [1.54, 1.807) is 10.6 Å². The van der Waals surface area contributed by atoms with Gasteiger partial charge in [-0.15, -0.1) is 10.2 Å². The molecule has 26 heavy (non-hydrogen) atoms. The van der Waals surface area contributed by atoms with Gasteiger partial charge in [-0.2, -0.15) is 0 Å². The molecule has 2 aromatic heterocycles. The molecule has 7 heteroatoms. The first-order valence-electron chi connectivity index (χ1n) is 7.89. The maximum atomic E-state index is 11.3. The van der Waals surface area contributed by atoms with Crippen LogP contribution in [0.25, 0.3) is 32.9 Å². The van der Waals surface area contributed by atoms with Crippen LogP contribution in [0.15, 0.2) is 42.5 Å². The second kappa shape index (κ2) is 6.27. The summed E-state index contributed by atoms with van der Waals surface area (Å²) in [6.07, 6.45) is 0. The fourth-order valence-corrected chi connectivity index (χ4v) is 3.72. The minimum absolute atomic E-state index is 0.150. The Morgan fingerprint density at radius 3 is 2.54 bits per heavy atom. The van der Waals surface area contributed by atoms with E-state index in [4.69, 9.17) is 23.2 Å². The Kier molecular flexibility index (Phi) is 4.05. The van der Waals surface area contributed by atoms with Crippen LogP contribution in [-0.2, 0) is 11.3 Å². The van der Waals surface area contributed by atoms with Gasteiger partial charge in [0.2, 0.25) is 0 Å². The van der Waals surface area contributed by atoms with Gasteiger partial charge in [-0.1, -0.05) is 47.5 Å². The van der Waals surface area contributed by atoms with Gasteiger partial charge in [0.25, 0.3) is 0 Å². The standard InChI is InChI=1S/C19H13Cl2N3O2/c1-10-17(18-12-4-2-3-5-13(12)19(21)23-22-18)14-8-11(20)6-7-15(14)24(10)9-16(25)26/h2-8H,9H2,1H3,(H,25,26). The number of carboxylic acid groups (broad SMARTS) is 1. The van der Waals surface area contributed by atoms with Crippen LogP contribution < -0.4 is 0 Å². The van der Waals surface area contributed by atoms with Crippen molar-refractivity contribution < 1.29 is 9.90 Å². The minimum Gasteiger partial charge on any atom is -0.480 e. The number of carbonyl (C=O) groups is 1. The summed E-state index contributed by atoms with van der Waals surface area (Å²) in [5.74, 6) is -0.918. The molecule has 0 fully saturated rings. The number of halogens is 2. The van der Waals surface area contributed by atoms with Crippen LogP contribution in [0.4, 0.5) is 0 Å². The van der Waals surface area contributed by atoms with Crippen molar-refractivity contribution in [3.8, 4) is 11.3 Å². The number of nitrogens with zero attached hydrogens (tertiary/aromatic N) is 3. The lowest BCUT2D eigenvalue weighted by atomic mass is 10.0. The maximum Gasteiger partial charge on any atom is 0.323 e. The smallest absolute Gasteiger partial charge is 0.323 e. The number of fused-ring (bicyclic) bond motifs is 2. The molecule has 0 aliphatic heterocycles. The Hall–Kier alpha value is -2.63. The zero-order valence-corrected chi connectivity index (χ0v) is 15.2. The molecule has 2 aromatic carbocycles. The highest BCUT2D eigenvalue weighted by Crippen LogP contribution is 2.38. The molecule has 0 aliphatic carbocycles. The van der Waals surface area contributed by atoms with Crippen LogP contribution in [0.5, 0.6) is 0 Å². The molecule has 0 saturated heterocycles. The lowest BCUT2D eigenvalue weighted by Gasteiger charge is -2.08. The van der Waals surface area contributed by atoms with E-state index in [1.807, 2.05) is 43.3 Å². The van der Waals surface area contributed by atoms with Gasteiger partial charge in [0.15, 0.2) is 5.15 Å². The van der Waals surface area contributed by atoms with E-state index < -0.39 is 5.97 Å². The number of carboxylic acids is 1. The Bertz CT molecular complexity index is 1180. The third-order valence-corrected chi connectivity index (χ3v) is 4.97. The first-order chi connectivity index (χ1) is 12.5. The van der Waals surface area contributed by atoms with Crippen molar-refractivity contribution in [3.05, 3.63) is 58.3 Å². The van der Waals surface area contributed by atoms with Crippen molar-refractivity contribution in [2.45, 2.75) is 13.5 Å². The molecular weight excluding hydrogens is 373 g/mol. The molecule has 4 aromatic rings. The summed E-state index contributed by atoms with van der Waals surface area (Å²) in [6.45, 7) is 1.72. The van der Waals surface area contributed by atoms with E-state index in [0.29, 0.717) is 15.9 Å². The lowest BCUT2D eigenvalue weighted by Crippen LogP contribution is -2.10. The molecule has 2 heterocycles. The molecular formula is C19H13Cl2N3O2. The molecule has 0 unspecified atom stereocenters. The largest absolute Gasteiger partial charge is 0.480 e. The fourth-order valence-electron chi connectivity index (χ4n) is 3.35. The van der Waals surface area contributed by atoms with Crippen LogP contribution in [0.2, 0.25) is 10.2 Å². The number of aliphatic carboxylic acids is 1. The second-order valence-electron chi connectivity index (χ2n) is 5.99. The van der Waals surface area contributed by atoms with E-state index in [-0.39, 0.29) is 6.54 Å². The first-order valence-corrected chi connectivity index (χ1v) is 8.64. The topological polar surface area (TPSA) is 68.0 Å². The van der Waals surface area contributed by atoms with Gasteiger partial charge in [0.05, 0.1) is 0 Å². The summed E-state index contributed by atoms with van der Waals surface area (Å²) in [5.41, 5.74) is 3.03. The van der Waals surface area contributed by atoms with Crippen molar-refractivity contribution in [2.24, 2.45) is 0 Å². The predicted molar refractivity (Wildman–Crippen MR) is 103 cm³/mol. The van der Waals surface area contributed by atoms with Crippen molar-refractivity contribution in [3.63, 3.8) is 0 Å². The summed E-state index contributed by atoms with van der Waals surface area (Å²) in [7, 11) is 0. The van der Waals surface area contributed by atoms with Crippen molar-refractivity contribution in [1.29, 1.82) is 0 Å². The van der Waals surface area contributed by atoms with E-state index >= 15 is 0 Å². The molecule has 0 aliphatic rings. The van der Waals surface area contributed by atoms with Crippen LogP contribution in [0, 0.1) is 6.92 Å². The van der Waals surface area contributed by atoms with E-state index in [1.165, 1.54) is 0 Å². The highest BCUT2D eigenvalue weighted by Gasteiger charge is 2.21. The van der Waals surface area contributed by atoms with Gasteiger partial charge in [-0.25, -0.2) is 0 Å². The Balaban J connectivity index is 2.13. The van der Waals surface area contributed by atoms with Crippen molar-refractivity contribution in [1.82, 2.24) is 14.8 Å². The summed E-state index contributed by atoms with van der Waals surface area (Å²) in [6, 6.07) is 13.0. The van der Waals surface area contributed by atoms with Gasteiger partial charge < -0.3 is 9.67 Å². The van der Waals surface area contributed by atoms with E-state index in [9.17, 15) is 9.90 Å². The van der Waals surface area contributed by atoms with Gasteiger partial charge in [0.1, 0.15) is 12.2 Å². The third-order valence-electron chi connectivity index (χ3n) is 4.46. The van der Waals surface area contributed by atoms with Crippen LogP contribution in [0.3, 0.4) is 0 Å². The lowest BCUT2D eigenvalue weighted by molar-refractivity contribution is -0.137. The Labute approximate surface area is 158 Å². The van der Waals surface area contributed by atoms with Crippen LogP contribution in [-0.4, -0.2) is 25.8 Å². The number of hydrogen-bond acceptors (Lipinski definition) is 3. The zero-order chi connectivity index (χ0) is 18.4. The van der Waals surface area contributed by atoms with Crippen LogP contribution in [0.1, 0.15) is 5.69 Å². The molecule has 0 bridgehead atoms. The molecule has 0 atom stereocenters. The maximum absolute atomic E-state index is 11.3. The highest BCUT2D eigenvalue weighted by atomic mass is 35.5. The van der Waals surface area contributed by atoms with Crippen molar-refractivity contribution in [2.75, 3.05) is 0 Å². The predicted octanol–water partition coefficient (Wildman–Crippen LogP) is 4.95. The molecule has 4 rings (SSSR count). The zero-order valence-electron chi connectivity index (χ0n) is 13.7. The Morgan fingerprint density at radius 1 is 1.08 bits per heavy atom. The molecule has 0 spiro atoms. The van der Waals surface area contributed by atoms with Crippen LogP contribution >= 0.6 is 23.2 Å². The van der Waals surface area contributed by atoms with Gasteiger partial charge in [-0.3, -0.25) is 4.79 Å². The summed E-state index contributed by atoms with van der Waals surface area (Å²) < 4.78 is 1.74. The number of hydrogen-bond donors (Lipinski definition) is 1. The molecule has 0 saturated carbocycles. The third kappa shape index (κ3) is 2.60. The van der Waals surface area contributed by atoms with Gasteiger partial charge >= 0.3 is 5.97 Å².